The molecule has 0 bridgehead atoms. The van der Waals surface area contributed by atoms with E-state index < -0.39 is 0 Å². The summed E-state index contributed by atoms with van der Waals surface area (Å²) in [5.74, 6) is 2.37. The summed E-state index contributed by atoms with van der Waals surface area (Å²) in [6.45, 7) is 5.87. The molecule has 0 saturated heterocycles. The van der Waals surface area contributed by atoms with Crippen LogP contribution in [-0.2, 0) is 9.53 Å². The first kappa shape index (κ1) is 18.4. The zero-order chi connectivity index (χ0) is 16.4. The van der Waals surface area contributed by atoms with Crippen molar-refractivity contribution in [2.75, 3.05) is 37.3 Å². The molecule has 0 atom stereocenters. The quantitative estimate of drug-likeness (QED) is 0.285. The summed E-state index contributed by atoms with van der Waals surface area (Å²) in [4.78, 5) is 17.4. The molecule has 122 valence electrons. The molecule has 0 aromatic heterocycles. The van der Waals surface area contributed by atoms with Crippen molar-refractivity contribution < 1.29 is 14.3 Å². The highest BCUT2D eigenvalue weighted by Gasteiger charge is 2.08. The summed E-state index contributed by atoms with van der Waals surface area (Å²) in [5, 5.41) is 0. The molecule has 0 fully saturated rings. The fourth-order valence-electron chi connectivity index (χ4n) is 1.90. The lowest BCUT2D eigenvalue weighted by atomic mass is 10.2. The summed E-state index contributed by atoms with van der Waals surface area (Å²) < 4.78 is 10.1. The molecule has 1 aromatic rings. The number of ether oxygens (including phenoxy) is 2. The van der Waals surface area contributed by atoms with Gasteiger partial charge in [-0.05, 0) is 37.9 Å². The predicted octanol–water partition coefficient (Wildman–Crippen LogP) is 3.50. The minimum Gasteiger partial charge on any atom is -0.497 e. The molecule has 0 N–H and O–H groups in total. The predicted molar refractivity (Wildman–Crippen MR) is 93.8 cm³/mol. The Morgan fingerprint density at radius 3 is 2.86 bits per heavy atom. The Morgan fingerprint density at radius 1 is 1.45 bits per heavy atom. The maximum Gasteiger partial charge on any atom is 0.305 e. The molecule has 5 nitrogen and oxygen atoms in total. The fraction of sp³-hybridized carbons (Fsp3) is 0.500. The number of methoxy groups -OCH3 is 1. The van der Waals surface area contributed by atoms with Gasteiger partial charge in [-0.15, -0.1) is 11.8 Å². The van der Waals surface area contributed by atoms with E-state index in [9.17, 15) is 4.79 Å². The van der Waals surface area contributed by atoms with Gasteiger partial charge in [0.05, 0.1) is 31.0 Å². The average molecular weight is 324 g/mol. The molecule has 0 aliphatic heterocycles. The van der Waals surface area contributed by atoms with Crippen LogP contribution in [0.25, 0.3) is 0 Å². The molecule has 0 radical (unpaired) electrons. The van der Waals surface area contributed by atoms with Crippen LogP contribution in [0.2, 0.25) is 0 Å². The number of thioether (sulfide) groups is 1. The summed E-state index contributed by atoms with van der Waals surface area (Å²) in [6.07, 6.45) is 1.30. The molecule has 0 amide bonds. The number of benzene rings is 1. The zero-order valence-corrected chi connectivity index (χ0v) is 14.3. The highest BCUT2D eigenvalue weighted by Crippen LogP contribution is 2.32. The minimum atomic E-state index is -0.121. The standard InChI is InChI=1S/C16H24N2O3S/c1-5-21-16(19)7-6-10-22-12-18(3)15-9-8-13(20-4)11-14(15)17-2/h8-9,11H,2,5-7,10,12H2,1,3-4H3. The third-order valence-corrected chi connectivity index (χ3v) is 4.17. The number of esters is 1. The fourth-order valence-corrected chi connectivity index (χ4v) is 2.79. The Bertz CT molecular complexity index is 494. The van der Waals surface area contributed by atoms with Crippen molar-refractivity contribution >= 4 is 35.8 Å². The minimum absolute atomic E-state index is 0.121. The van der Waals surface area contributed by atoms with Crippen LogP contribution in [0.5, 0.6) is 5.75 Å². The van der Waals surface area contributed by atoms with Crippen LogP contribution in [0.1, 0.15) is 19.8 Å². The van der Waals surface area contributed by atoms with Gasteiger partial charge in [0.1, 0.15) is 5.75 Å². The third kappa shape index (κ3) is 5.97. The number of rotatable bonds is 10. The van der Waals surface area contributed by atoms with Crippen LogP contribution in [0, 0.1) is 0 Å². The second kappa shape index (κ2) is 10.1. The van der Waals surface area contributed by atoms with E-state index in [4.69, 9.17) is 9.47 Å². The van der Waals surface area contributed by atoms with E-state index in [0.717, 1.165) is 35.2 Å². The van der Waals surface area contributed by atoms with Gasteiger partial charge in [-0.2, -0.15) is 0 Å². The Balaban J connectivity index is 2.41. The summed E-state index contributed by atoms with van der Waals surface area (Å²) in [5.41, 5.74) is 1.81. The number of nitrogens with zero attached hydrogens (tertiary/aromatic N) is 2. The highest BCUT2D eigenvalue weighted by atomic mass is 32.2. The first-order valence-corrected chi connectivity index (χ1v) is 8.37. The molecule has 0 aliphatic rings. The molecule has 0 heterocycles. The SMILES string of the molecule is C=Nc1cc(OC)ccc1N(C)CSCCCC(=O)OCC. The second-order valence-electron chi connectivity index (χ2n) is 4.66. The first-order chi connectivity index (χ1) is 10.6. The number of anilines is 1. The van der Waals surface area contributed by atoms with Crippen molar-refractivity contribution in [3.63, 3.8) is 0 Å². The maximum atomic E-state index is 11.2. The van der Waals surface area contributed by atoms with Gasteiger partial charge in [-0.25, -0.2) is 0 Å². The van der Waals surface area contributed by atoms with Gasteiger partial charge in [0.2, 0.25) is 0 Å². The zero-order valence-electron chi connectivity index (χ0n) is 13.5. The lowest BCUT2D eigenvalue weighted by Gasteiger charge is -2.21. The molecule has 0 aliphatic carbocycles. The number of carbonyl (C=O) groups excluding carboxylic acids is 1. The monoisotopic (exact) mass is 324 g/mol. The average Bonchev–Trinajstić information content (AvgIpc) is 2.53. The number of aliphatic imine (C=N–C) groups is 1. The van der Waals surface area contributed by atoms with Gasteiger partial charge in [-0.3, -0.25) is 9.79 Å². The maximum absolute atomic E-state index is 11.2. The summed E-state index contributed by atoms with van der Waals surface area (Å²) >= 11 is 1.77. The Morgan fingerprint density at radius 2 is 2.23 bits per heavy atom. The number of carbonyl (C=O) groups is 1. The van der Waals surface area contributed by atoms with Crippen LogP contribution >= 0.6 is 11.8 Å². The molecular formula is C16H24N2O3S. The van der Waals surface area contributed by atoms with Crippen LogP contribution in [-0.4, -0.2) is 45.1 Å². The Labute approximate surface area is 136 Å². The van der Waals surface area contributed by atoms with E-state index in [2.05, 4.69) is 16.6 Å². The van der Waals surface area contributed by atoms with Crippen LogP contribution in [0.3, 0.4) is 0 Å². The molecule has 1 aromatic carbocycles. The Kier molecular flexibility index (Phi) is 8.43. The summed E-state index contributed by atoms with van der Waals surface area (Å²) in [7, 11) is 3.64. The van der Waals surface area contributed by atoms with E-state index in [-0.39, 0.29) is 5.97 Å². The van der Waals surface area contributed by atoms with Crippen molar-refractivity contribution in [1.82, 2.24) is 0 Å². The van der Waals surface area contributed by atoms with Crippen molar-refractivity contribution in [2.24, 2.45) is 4.99 Å². The molecule has 0 saturated carbocycles. The third-order valence-electron chi connectivity index (χ3n) is 3.02. The van der Waals surface area contributed by atoms with Gasteiger partial charge >= 0.3 is 5.97 Å². The molecule has 6 heteroatoms. The smallest absolute Gasteiger partial charge is 0.305 e. The normalized spacial score (nSPS) is 10.1. The van der Waals surface area contributed by atoms with E-state index in [0.29, 0.717) is 13.0 Å². The number of hydrogen-bond donors (Lipinski definition) is 0. The molecule has 0 spiro atoms. The molecule has 0 unspecified atom stereocenters. The van der Waals surface area contributed by atoms with Crippen LogP contribution < -0.4 is 9.64 Å². The summed E-state index contributed by atoms with van der Waals surface area (Å²) in [6, 6.07) is 5.75. The van der Waals surface area contributed by atoms with E-state index in [1.54, 1.807) is 18.9 Å². The number of hydrogen-bond acceptors (Lipinski definition) is 6. The van der Waals surface area contributed by atoms with Gasteiger partial charge in [0, 0.05) is 19.5 Å². The molecular weight excluding hydrogens is 300 g/mol. The van der Waals surface area contributed by atoms with Gasteiger partial charge in [0.15, 0.2) is 0 Å². The highest BCUT2D eigenvalue weighted by molar-refractivity contribution is 7.99. The van der Waals surface area contributed by atoms with E-state index in [1.165, 1.54) is 0 Å². The van der Waals surface area contributed by atoms with Crippen molar-refractivity contribution in [1.29, 1.82) is 0 Å². The van der Waals surface area contributed by atoms with Crippen molar-refractivity contribution in [3.05, 3.63) is 18.2 Å². The first-order valence-electron chi connectivity index (χ1n) is 7.21. The van der Waals surface area contributed by atoms with Gasteiger partial charge in [-0.1, -0.05) is 0 Å². The lowest BCUT2D eigenvalue weighted by molar-refractivity contribution is -0.143. The van der Waals surface area contributed by atoms with Gasteiger partial charge in [0.25, 0.3) is 0 Å². The van der Waals surface area contributed by atoms with Crippen molar-refractivity contribution in [2.45, 2.75) is 19.8 Å². The topological polar surface area (TPSA) is 51.1 Å². The largest absolute Gasteiger partial charge is 0.497 e. The second-order valence-corrected chi connectivity index (χ2v) is 5.73. The lowest BCUT2D eigenvalue weighted by Crippen LogP contribution is -2.16. The van der Waals surface area contributed by atoms with Crippen LogP contribution in [0.4, 0.5) is 11.4 Å². The van der Waals surface area contributed by atoms with E-state index >= 15 is 0 Å². The Hall–Kier alpha value is -1.69. The van der Waals surface area contributed by atoms with Crippen molar-refractivity contribution in [3.8, 4) is 5.75 Å². The molecule has 1 rings (SSSR count). The van der Waals surface area contributed by atoms with Gasteiger partial charge < -0.3 is 14.4 Å². The molecule has 22 heavy (non-hydrogen) atoms. The van der Waals surface area contributed by atoms with Crippen LogP contribution in [0.15, 0.2) is 23.2 Å². The van der Waals surface area contributed by atoms with E-state index in [1.807, 2.05) is 32.2 Å².